The van der Waals surface area contributed by atoms with Crippen molar-refractivity contribution in [1.82, 2.24) is 0 Å². The summed E-state index contributed by atoms with van der Waals surface area (Å²) in [5, 5.41) is 0. The van der Waals surface area contributed by atoms with E-state index in [1.165, 1.54) is 12.1 Å². The Morgan fingerprint density at radius 2 is 1.35 bits per heavy atom. The maximum atomic E-state index is 13.9. The quantitative estimate of drug-likeness (QED) is 0.181. The fraction of sp³-hybridized carbons (Fsp3) is 0.500. The number of halogens is 2. The maximum Gasteiger partial charge on any atom is 0.330 e. The highest BCUT2D eigenvalue weighted by Gasteiger charge is 2.30. The van der Waals surface area contributed by atoms with Gasteiger partial charge < -0.3 is 14.8 Å². The Labute approximate surface area is 201 Å². The first kappa shape index (κ1) is 28.2. The van der Waals surface area contributed by atoms with Gasteiger partial charge in [0.15, 0.2) is 0 Å². The third-order valence-corrected chi connectivity index (χ3v) is 7.83. The second-order valence-corrected chi connectivity index (χ2v) is 10.5. The van der Waals surface area contributed by atoms with Gasteiger partial charge in [-0.2, -0.15) is 0 Å². The molecule has 0 aromatic heterocycles. The van der Waals surface area contributed by atoms with Gasteiger partial charge in [-0.15, -0.1) is 0 Å². The first-order valence-corrected chi connectivity index (χ1v) is 13.7. The van der Waals surface area contributed by atoms with Crippen LogP contribution < -0.4 is 5.73 Å². The lowest BCUT2D eigenvalue weighted by molar-refractivity contribution is -0.106. The zero-order chi connectivity index (χ0) is 25.0. The third-order valence-electron chi connectivity index (χ3n) is 5.81. The normalized spacial score (nSPS) is 12.6. The fourth-order valence-electron chi connectivity index (χ4n) is 4.13. The first-order valence-electron chi connectivity index (χ1n) is 12.0. The van der Waals surface area contributed by atoms with Gasteiger partial charge in [0.2, 0.25) is 6.41 Å². The number of hydrogen-bond donors (Lipinski definition) is 1. The summed E-state index contributed by atoms with van der Waals surface area (Å²) in [6, 6.07) is 9.57. The summed E-state index contributed by atoms with van der Waals surface area (Å²) in [5.74, 6) is -0.622. The first-order chi connectivity index (χ1) is 16.4. The number of primary amides is 1. The van der Waals surface area contributed by atoms with Crippen molar-refractivity contribution >= 4 is 14.0 Å². The van der Waals surface area contributed by atoms with Crippen LogP contribution in [-0.2, 0) is 18.4 Å². The minimum atomic E-state index is -3.11. The van der Waals surface area contributed by atoms with Gasteiger partial charge in [-0.1, -0.05) is 45.2 Å². The summed E-state index contributed by atoms with van der Waals surface area (Å²) in [6.07, 6.45) is 6.47. The molecule has 0 unspecified atom stereocenters. The van der Waals surface area contributed by atoms with E-state index >= 15 is 0 Å². The predicted molar refractivity (Wildman–Crippen MR) is 132 cm³/mol. The van der Waals surface area contributed by atoms with Crippen LogP contribution in [0.25, 0.3) is 11.1 Å². The summed E-state index contributed by atoms with van der Waals surface area (Å²) in [5.41, 5.74) is 7.92. The largest absolute Gasteiger partial charge is 0.372 e. The van der Waals surface area contributed by atoms with Crippen LogP contribution >= 0.6 is 7.60 Å². The van der Waals surface area contributed by atoms with E-state index < -0.39 is 7.60 Å². The number of rotatable bonds is 13. The predicted octanol–water partition coefficient (Wildman–Crippen LogP) is 7.18. The molecule has 2 aromatic carbocycles. The van der Waals surface area contributed by atoms with Crippen LogP contribution in [0.1, 0.15) is 75.8 Å². The molecule has 0 spiro atoms. The van der Waals surface area contributed by atoms with E-state index in [0.29, 0.717) is 25.8 Å². The summed E-state index contributed by atoms with van der Waals surface area (Å²) < 4.78 is 52.3. The number of benzene rings is 2. The Kier molecular flexibility index (Phi) is 11.9. The number of carbonyl (C=O) groups excluding carboxylic acids is 1. The van der Waals surface area contributed by atoms with Gasteiger partial charge in [-0.25, -0.2) is 8.78 Å². The van der Waals surface area contributed by atoms with Gasteiger partial charge in [-0.05, 0) is 72.2 Å². The molecule has 8 heteroatoms. The summed E-state index contributed by atoms with van der Waals surface area (Å²) in [4.78, 5) is 8.58. The molecule has 0 saturated heterocycles. The van der Waals surface area contributed by atoms with E-state index in [-0.39, 0.29) is 24.0 Å². The Balaban J connectivity index is 0.00000129. The number of nitrogens with two attached hydrogens (primary N) is 1. The lowest BCUT2D eigenvalue weighted by Crippen LogP contribution is -2.04. The molecule has 0 saturated carbocycles. The van der Waals surface area contributed by atoms with E-state index in [1.54, 1.807) is 24.3 Å². The van der Waals surface area contributed by atoms with Crippen LogP contribution in [0.5, 0.6) is 0 Å². The molecule has 0 atom stereocenters. The molecule has 0 bridgehead atoms. The van der Waals surface area contributed by atoms with E-state index in [0.717, 1.165) is 60.8 Å². The Morgan fingerprint density at radius 1 is 0.882 bits per heavy atom. The maximum absolute atomic E-state index is 13.9. The van der Waals surface area contributed by atoms with E-state index in [2.05, 4.69) is 19.6 Å². The van der Waals surface area contributed by atoms with E-state index in [4.69, 9.17) is 13.8 Å². The molecule has 1 aliphatic rings. The minimum absolute atomic E-state index is 0.0576. The third kappa shape index (κ3) is 8.00. The fourth-order valence-corrected chi connectivity index (χ4v) is 5.89. The standard InChI is InChI=1S/C25H33F2O3P.CH3NO/c1-3-5-14-29-31(28,30-15-6-4-2)16-8-7-9-21-24-17-19(26)10-12-22(24)23-13-11-20(27)18-25(21)23;2-1-3/h10-13,17-18,21H,3-9,14-16H2,1-2H3;1H,(H2,2,3). The van der Waals surface area contributed by atoms with Crippen LogP contribution in [-0.4, -0.2) is 25.8 Å². The molecular weight excluding hydrogens is 459 g/mol. The molecule has 5 nitrogen and oxygen atoms in total. The van der Waals surface area contributed by atoms with Crippen molar-refractivity contribution in [3.63, 3.8) is 0 Å². The average Bonchev–Trinajstić information content (AvgIpc) is 3.09. The van der Waals surface area contributed by atoms with Crippen LogP contribution in [0.2, 0.25) is 0 Å². The Bertz CT molecular complexity index is 904. The Hall–Kier alpha value is -2.08. The van der Waals surface area contributed by atoms with Crippen molar-refractivity contribution in [2.24, 2.45) is 5.73 Å². The van der Waals surface area contributed by atoms with Crippen LogP contribution in [0.15, 0.2) is 36.4 Å². The molecule has 1 aliphatic carbocycles. The molecule has 3 rings (SSSR count). The van der Waals surface area contributed by atoms with Crippen LogP contribution in [0.3, 0.4) is 0 Å². The van der Waals surface area contributed by atoms with Crippen LogP contribution in [0.4, 0.5) is 8.78 Å². The Morgan fingerprint density at radius 3 is 1.79 bits per heavy atom. The monoisotopic (exact) mass is 495 g/mol. The zero-order valence-corrected chi connectivity index (χ0v) is 21.0. The molecular formula is C26H36F2NO4P. The van der Waals surface area contributed by atoms with E-state index in [1.807, 2.05) is 0 Å². The average molecular weight is 496 g/mol. The minimum Gasteiger partial charge on any atom is -0.372 e. The topological polar surface area (TPSA) is 78.6 Å². The van der Waals surface area contributed by atoms with Gasteiger partial charge in [0.1, 0.15) is 11.6 Å². The van der Waals surface area contributed by atoms with Gasteiger partial charge in [0.25, 0.3) is 0 Å². The number of hydrogen-bond acceptors (Lipinski definition) is 4. The van der Waals surface area contributed by atoms with Gasteiger partial charge in [-0.3, -0.25) is 9.36 Å². The van der Waals surface area contributed by atoms with Gasteiger partial charge in [0, 0.05) is 5.92 Å². The number of unbranched alkanes of at least 4 members (excludes halogenated alkanes) is 3. The van der Waals surface area contributed by atoms with Crippen molar-refractivity contribution in [3.8, 4) is 11.1 Å². The van der Waals surface area contributed by atoms with Crippen molar-refractivity contribution in [1.29, 1.82) is 0 Å². The molecule has 1 amide bonds. The van der Waals surface area contributed by atoms with Crippen molar-refractivity contribution in [2.45, 2.75) is 64.7 Å². The molecule has 188 valence electrons. The molecule has 0 radical (unpaired) electrons. The highest BCUT2D eigenvalue weighted by molar-refractivity contribution is 7.53. The lowest BCUT2D eigenvalue weighted by Gasteiger charge is -2.19. The summed E-state index contributed by atoms with van der Waals surface area (Å²) in [7, 11) is -3.11. The second-order valence-electron chi connectivity index (χ2n) is 8.36. The number of carbonyl (C=O) groups is 1. The second kappa shape index (κ2) is 14.3. The van der Waals surface area contributed by atoms with Crippen molar-refractivity contribution in [3.05, 3.63) is 59.2 Å². The summed E-state index contributed by atoms with van der Waals surface area (Å²) in [6.45, 7) is 5.02. The molecule has 34 heavy (non-hydrogen) atoms. The molecule has 0 aliphatic heterocycles. The molecule has 0 heterocycles. The number of amides is 1. The smallest absolute Gasteiger partial charge is 0.330 e. The van der Waals surface area contributed by atoms with Crippen molar-refractivity contribution < 1.29 is 27.2 Å². The highest BCUT2D eigenvalue weighted by atomic mass is 31.2. The van der Waals surface area contributed by atoms with Gasteiger partial charge in [0.05, 0.1) is 19.4 Å². The van der Waals surface area contributed by atoms with E-state index in [9.17, 15) is 13.3 Å². The zero-order valence-electron chi connectivity index (χ0n) is 20.1. The highest BCUT2D eigenvalue weighted by Crippen LogP contribution is 2.51. The SMILES string of the molecule is CCCCOP(=O)(CCCCC1c2cc(F)ccc2-c2ccc(F)cc21)OCCCC.NC=O. The molecule has 2 N–H and O–H groups in total. The molecule has 2 aromatic rings. The van der Waals surface area contributed by atoms with Crippen molar-refractivity contribution in [2.75, 3.05) is 19.4 Å². The molecule has 0 fully saturated rings. The number of fused-ring (bicyclic) bond motifs is 3. The summed E-state index contributed by atoms with van der Waals surface area (Å²) >= 11 is 0. The van der Waals surface area contributed by atoms with Crippen LogP contribution in [0, 0.1) is 11.6 Å². The lowest BCUT2D eigenvalue weighted by atomic mass is 9.91. The van der Waals surface area contributed by atoms with Gasteiger partial charge >= 0.3 is 7.60 Å².